The van der Waals surface area contributed by atoms with Gasteiger partial charge in [-0.15, -0.1) is 11.3 Å². The van der Waals surface area contributed by atoms with Crippen LogP contribution in [0.1, 0.15) is 16.1 Å². The number of rotatable bonds is 3. The standard InChI is InChI=1S/C16H15ClN2O2S2/c1-9-7-16(10(2)6-13(9)17)23(20,21)19-12-4-5-14-15(8-12)22-11(3)18-14/h4-8,19H,1-3H3. The Morgan fingerprint density at radius 2 is 1.83 bits per heavy atom. The molecule has 120 valence electrons. The highest BCUT2D eigenvalue weighted by Gasteiger charge is 2.18. The van der Waals surface area contributed by atoms with Gasteiger partial charge >= 0.3 is 0 Å². The largest absolute Gasteiger partial charge is 0.280 e. The maximum atomic E-state index is 12.7. The first-order valence-electron chi connectivity index (χ1n) is 6.93. The van der Waals surface area contributed by atoms with E-state index in [0.29, 0.717) is 16.3 Å². The lowest BCUT2D eigenvalue weighted by atomic mass is 10.2. The van der Waals surface area contributed by atoms with Crippen LogP contribution in [0.15, 0.2) is 35.2 Å². The van der Waals surface area contributed by atoms with E-state index in [1.807, 2.05) is 13.0 Å². The summed E-state index contributed by atoms with van der Waals surface area (Å²) in [7, 11) is -3.67. The van der Waals surface area contributed by atoms with E-state index < -0.39 is 10.0 Å². The molecular weight excluding hydrogens is 352 g/mol. The smallest absolute Gasteiger partial charge is 0.262 e. The molecule has 3 rings (SSSR count). The summed E-state index contributed by atoms with van der Waals surface area (Å²) in [4.78, 5) is 4.61. The topological polar surface area (TPSA) is 59.1 Å². The van der Waals surface area contributed by atoms with Crippen molar-refractivity contribution in [3.8, 4) is 0 Å². The van der Waals surface area contributed by atoms with Crippen molar-refractivity contribution in [2.24, 2.45) is 0 Å². The first kappa shape index (κ1) is 16.2. The number of sulfonamides is 1. The number of hydrogen-bond acceptors (Lipinski definition) is 4. The third-order valence-corrected chi connectivity index (χ3v) is 6.36. The highest BCUT2D eigenvalue weighted by molar-refractivity contribution is 7.92. The summed E-state index contributed by atoms with van der Waals surface area (Å²) >= 11 is 7.58. The van der Waals surface area contributed by atoms with E-state index in [2.05, 4.69) is 9.71 Å². The molecule has 0 radical (unpaired) electrons. The molecule has 1 heterocycles. The highest BCUT2D eigenvalue weighted by Crippen LogP contribution is 2.28. The summed E-state index contributed by atoms with van der Waals surface area (Å²) in [5, 5.41) is 1.51. The molecule has 7 heteroatoms. The van der Waals surface area contributed by atoms with Gasteiger partial charge in [0.05, 0.1) is 25.8 Å². The molecule has 0 aliphatic heterocycles. The molecule has 3 aromatic rings. The lowest BCUT2D eigenvalue weighted by Crippen LogP contribution is -2.14. The van der Waals surface area contributed by atoms with Gasteiger partial charge in [0, 0.05) is 5.02 Å². The number of halogens is 1. The van der Waals surface area contributed by atoms with Crippen LogP contribution < -0.4 is 4.72 Å². The maximum Gasteiger partial charge on any atom is 0.262 e. The van der Waals surface area contributed by atoms with Gasteiger partial charge in [0.25, 0.3) is 10.0 Å². The number of fused-ring (bicyclic) bond motifs is 1. The van der Waals surface area contributed by atoms with Crippen LogP contribution in [0.2, 0.25) is 5.02 Å². The number of nitrogens with one attached hydrogen (secondary N) is 1. The minimum absolute atomic E-state index is 0.236. The second-order valence-electron chi connectivity index (χ2n) is 5.39. The highest BCUT2D eigenvalue weighted by atomic mass is 35.5. The fourth-order valence-corrected chi connectivity index (χ4v) is 4.80. The number of aryl methyl sites for hydroxylation is 3. The van der Waals surface area contributed by atoms with Crippen molar-refractivity contribution < 1.29 is 8.42 Å². The fraction of sp³-hybridized carbons (Fsp3) is 0.188. The lowest BCUT2D eigenvalue weighted by Gasteiger charge is -2.12. The third kappa shape index (κ3) is 3.20. The second kappa shape index (κ2) is 5.78. The average Bonchev–Trinajstić information content (AvgIpc) is 2.81. The molecule has 0 amide bonds. The number of anilines is 1. The molecule has 23 heavy (non-hydrogen) atoms. The van der Waals surface area contributed by atoms with E-state index in [0.717, 1.165) is 20.8 Å². The number of nitrogens with zero attached hydrogens (tertiary/aromatic N) is 1. The molecule has 2 aromatic carbocycles. The molecule has 0 unspecified atom stereocenters. The van der Waals surface area contributed by atoms with Crippen LogP contribution in [0.4, 0.5) is 5.69 Å². The zero-order chi connectivity index (χ0) is 16.8. The van der Waals surface area contributed by atoms with Gasteiger partial charge in [0.15, 0.2) is 0 Å². The first-order valence-corrected chi connectivity index (χ1v) is 9.61. The molecule has 0 bridgehead atoms. The summed E-state index contributed by atoms with van der Waals surface area (Å²) < 4.78 is 28.9. The average molecular weight is 367 g/mol. The van der Waals surface area contributed by atoms with Gasteiger partial charge < -0.3 is 0 Å². The van der Waals surface area contributed by atoms with Crippen molar-refractivity contribution in [3.63, 3.8) is 0 Å². The number of hydrogen-bond donors (Lipinski definition) is 1. The molecule has 1 aromatic heterocycles. The molecule has 0 atom stereocenters. The van der Waals surface area contributed by atoms with Gasteiger partial charge in [-0.25, -0.2) is 13.4 Å². The Bertz CT molecular complexity index is 1010. The van der Waals surface area contributed by atoms with Crippen LogP contribution in [0.3, 0.4) is 0 Å². The van der Waals surface area contributed by atoms with Gasteiger partial charge in [-0.3, -0.25) is 4.72 Å². The zero-order valence-corrected chi connectivity index (χ0v) is 15.2. The van der Waals surface area contributed by atoms with Crippen molar-refractivity contribution in [1.29, 1.82) is 0 Å². The minimum atomic E-state index is -3.67. The van der Waals surface area contributed by atoms with Gasteiger partial charge in [0.1, 0.15) is 0 Å². The molecule has 0 aliphatic rings. The van der Waals surface area contributed by atoms with E-state index in [1.54, 1.807) is 38.1 Å². The van der Waals surface area contributed by atoms with E-state index >= 15 is 0 Å². The van der Waals surface area contributed by atoms with Crippen molar-refractivity contribution in [2.75, 3.05) is 4.72 Å². The third-order valence-electron chi connectivity index (χ3n) is 3.49. The molecule has 0 saturated carbocycles. The first-order chi connectivity index (χ1) is 10.8. The Morgan fingerprint density at radius 1 is 1.09 bits per heavy atom. The summed E-state index contributed by atoms with van der Waals surface area (Å²) in [6.45, 7) is 5.44. The fourth-order valence-electron chi connectivity index (χ4n) is 2.36. The molecule has 1 N–H and O–H groups in total. The Balaban J connectivity index is 2.01. The van der Waals surface area contributed by atoms with Crippen LogP contribution in [-0.2, 0) is 10.0 Å². The lowest BCUT2D eigenvalue weighted by molar-refractivity contribution is 0.600. The van der Waals surface area contributed by atoms with Crippen molar-refractivity contribution in [1.82, 2.24) is 4.98 Å². The predicted molar refractivity (Wildman–Crippen MR) is 96.1 cm³/mol. The van der Waals surface area contributed by atoms with Crippen LogP contribution in [0.5, 0.6) is 0 Å². The predicted octanol–water partition coefficient (Wildman–Crippen LogP) is 4.68. The summed E-state index contributed by atoms with van der Waals surface area (Å²) in [5.41, 5.74) is 2.73. The molecule has 0 spiro atoms. The van der Waals surface area contributed by atoms with E-state index in [9.17, 15) is 8.42 Å². The summed E-state index contributed by atoms with van der Waals surface area (Å²) in [6, 6.07) is 8.60. The quantitative estimate of drug-likeness (QED) is 0.732. The summed E-state index contributed by atoms with van der Waals surface area (Å²) in [6.07, 6.45) is 0. The van der Waals surface area contributed by atoms with Gasteiger partial charge in [-0.05, 0) is 62.2 Å². The van der Waals surface area contributed by atoms with E-state index in [1.165, 1.54) is 11.3 Å². The Labute approximate surface area is 144 Å². The van der Waals surface area contributed by atoms with Crippen molar-refractivity contribution >= 4 is 48.9 Å². The number of aromatic nitrogens is 1. The second-order valence-corrected chi connectivity index (χ2v) is 8.68. The molecular formula is C16H15ClN2O2S2. The number of benzene rings is 2. The van der Waals surface area contributed by atoms with E-state index in [-0.39, 0.29) is 4.90 Å². The Hall–Kier alpha value is -1.63. The SMILES string of the molecule is Cc1nc2ccc(NS(=O)(=O)c3cc(C)c(Cl)cc3C)cc2s1. The summed E-state index contributed by atoms with van der Waals surface area (Å²) in [5.74, 6) is 0. The Morgan fingerprint density at radius 3 is 2.57 bits per heavy atom. The monoisotopic (exact) mass is 366 g/mol. The van der Waals surface area contributed by atoms with E-state index in [4.69, 9.17) is 11.6 Å². The van der Waals surface area contributed by atoms with Crippen LogP contribution >= 0.6 is 22.9 Å². The van der Waals surface area contributed by atoms with Crippen LogP contribution in [0.25, 0.3) is 10.2 Å². The van der Waals surface area contributed by atoms with Crippen LogP contribution in [-0.4, -0.2) is 13.4 Å². The van der Waals surface area contributed by atoms with Gasteiger partial charge in [-0.2, -0.15) is 0 Å². The van der Waals surface area contributed by atoms with Gasteiger partial charge in [0.2, 0.25) is 0 Å². The zero-order valence-electron chi connectivity index (χ0n) is 12.8. The van der Waals surface area contributed by atoms with Gasteiger partial charge in [-0.1, -0.05) is 11.6 Å². The number of thiazole rings is 1. The Kier molecular flexibility index (Phi) is 4.08. The van der Waals surface area contributed by atoms with Crippen LogP contribution in [0, 0.1) is 20.8 Å². The normalized spacial score (nSPS) is 11.8. The molecule has 0 saturated heterocycles. The molecule has 4 nitrogen and oxygen atoms in total. The molecule has 0 fully saturated rings. The van der Waals surface area contributed by atoms with Crippen molar-refractivity contribution in [3.05, 3.63) is 51.5 Å². The minimum Gasteiger partial charge on any atom is -0.280 e. The van der Waals surface area contributed by atoms with Crippen molar-refractivity contribution in [2.45, 2.75) is 25.7 Å². The maximum absolute atomic E-state index is 12.7. The molecule has 0 aliphatic carbocycles.